The summed E-state index contributed by atoms with van der Waals surface area (Å²) in [6.07, 6.45) is 9.80. The monoisotopic (exact) mass is 600 g/mol. The molecule has 42 heavy (non-hydrogen) atoms. The first-order valence-corrected chi connectivity index (χ1v) is 16.0. The van der Waals surface area contributed by atoms with E-state index in [0.717, 1.165) is 44.9 Å². The average Bonchev–Trinajstić information content (AvgIpc) is 2.97. The standard InChI is InChI=1S/C16H25N3O2S.C15H23N3O2/c1-22-12-16(21)18-11-7-3-2-4-10-15(20)19-14-9-6-5-8-13(14)17;1-2-14(19)17-11-7-3-4-10-15(20)18-13-9-6-5-8-12(13)16/h5-6,8-9H,2-4,7,10-12,17H2,1H3,(H,18,21)(H,19,20);5-6,8-9H,2-4,7,10-11,16H2,1H3,(H,17,19)(H,18,20). The molecule has 2 aromatic rings. The van der Waals surface area contributed by atoms with Gasteiger partial charge in [0, 0.05) is 32.4 Å². The molecule has 8 N–H and O–H groups in total. The number of para-hydroxylation sites is 4. The first-order valence-electron chi connectivity index (χ1n) is 14.6. The molecule has 0 radical (unpaired) electrons. The van der Waals surface area contributed by atoms with E-state index in [1.165, 1.54) is 11.8 Å². The van der Waals surface area contributed by atoms with E-state index in [1.54, 1.807) is 24.3 Å². The summed E-state index contributed by atoms with van der Waals surface area (Å²) < 4.78 is 0. The first-order chi connectivity index (χ1) is 20.3. The molecule has 0 aliphatic heterocycles. The number of nitrogens with two attached hydrogens (primary N) is 2. The highest BCUT2D eigenvalue weighted by atomic mass is 32.2. The van der Waals surface area contributed by atoms with Gasteiger partial charge in [-0.3, -0.25) is 19.2 Å². The number of amides is 4. The lowest BCUT2D eigenvalue weighted by molar-refractivity contribution is -0.121. The molecule has 2 rings (SSSR count). The van der Waals surface area contributed by atoms with E-state index in [2.05, 4.69) is 21.3 Å². The Bertz CT molecular complexity index is 1100. The number of benzene rings is 2. The van der Waals surface area contributed by atoms with Crippen molar-refractivity contribution in [2.75, 3.05) is 47.2 Å². The molecule has 2 aromatic carbocycles. The van der Waals surface area contributed by atoms with Gasteiger partial charge in [0.25, 0.3) is 0 Å². The fraction of sp³-hybridized carbons (Fsp3) is 0.484. The van der Waals surface area contributed by atoms with E-state index in [9.17, 15) is 19.2 Å². The minimum Gasteiger partial charge on any atom is -0.397 e. The minimum absolute atomic E-state index is 0.00817. The Morgan fingerprint density at radius 3 is 1.50 bits per heavy atom. The second-order valence-corrected chi connectivity index (χ2v) is 10.6. The van der Waals surface area contributed by atoms with Crippen LogP contribution in [-0.2, 0) is 19.2 Å². The van der Waals surface area contributed by atoms with Gasteiger partial charge >= 0.3 is 0 Å². The van der Waals surface area contributed by atoms with E-state index in [4.69, 9.17) is 11.5 Å². The van der Waals surface area contributed by atoms with Gasteiger partial charge in [-0.25, -0.2) is 0 Å². The van der Waals surface area contributed by atoms with Gasteiger partial charge in [-0.15, -0.1) is 0 Å². The first kappa shape index (κ1) is 36.3. The molecule has 232 valence electrons. The van der Waals surface area contributed by atoms with Crippen LogP contribution in [0.1, 0.15) is 71.1 Å². The SMILES string of the molecule is CCC(=O)NCCCCCC(=O)Nc1ccccc1N.CSCC(=O)NCCCCCCC(=O)Nc1ccccc1N. The summed E-state index contributed by atoms with van der Waals surface area (Å²) in [4.78, 5) is 45.7. The van der Waals surface area contributed by atoms with E-state index < -0.39 is 0 Å². The van der Waals surface area contributed by atoms with Crippen molar-refractivity contribution >= 4 is 58.1 Å². The zero-order valence-electron chi connectivity index (χ0n) is 25.0. The van der Waals surface area contributed by atoms with Crippen LogP contribution in [0.2, 0.25) is 0 Å². The van der Waals surface area contributed by atoms with Gasteiger partial charge in [-0.1, -0.05) is 50.5 Å². The van der Waals surface area contributed by atoms with Crippen LogP contribution < -0.4 is 32.7 Å². The predicted octanol–water partition coefficient (Wildman–Crippen LogP) is 4.93. The normalized spacial score (nSPS) is 10.1. The quantitative estimate of drug-likeness (QED) is 0.104. The van der Waals surface area contributed by atoms with Gasteiger partial charge in [0.05, 0.1) is 28.5 Å². The zero-order valence-corrected chi connectivity index (χ0v) is 25.8. The average molecular weight is 601 g/mol. The number of carbonyl (C=O) groups is 4. The highest BCUT2D eigenvalue weighted by molar-refractivity contribution is 7.99. The molecule has 0 fully saturated rings. The van der Waals surface area contributed by atoms with E-state index in [1.807, 2.05) is 37.4 Å². The van der Waals surface area contributed by atoms with Crippen LogP contribution in [0.5, 0.6) is 0 Å². The summed E-state index contributed by atoms with van der Waals surface area (Å²) in [6, 6.07) is 14.4. The van der Waals surface area contributed by atoms with Gasteiger partial charge in [0.15, 0.2) is 0 Å². The van der Waals surface area contributed by atoms with Crippen molar-refractivity contribution in [1.29, 1.82) is 0 Å². The predicted molar refractivity (Wildman–Crippen MR) is 175 cm³/mol. The molecule has 0 aliphatic carbocycles. The third kappa shape index (κ3) is 17.9. The molecule has 0 aliphatic rings. The molecular formula is C31H48N6O4S. The summed E-state index contributed by atoms with van der Waals surface area (Å²) in [6.45, 7) is 3.22. The number of unbranched alkanes of at least 4 members (excludes halogenated alkanes) is 5. The Morgan fingerprint density at radius 2 is 1.05 bits per heavy atom. The lowest BCUT2D eigenvalue weighted by Crippen LogP contribution is -2.25. The van der Waals surface area contributed by atoms with Crippen molar-refractivity contribution in [2.24, 2.45) is 0 Å². The summed E-state index contributed by atoms with van der Waals surface area (Å²) in [5, 5.41) is 11.3. The number of thioether (sulfide) groups is 1. The second-order valence-electron chi connectivity index (χ2n) is 9.73. The van der Waals surface area contributed by atoms with Crippen LogP contribution in [0.3, 0.4) is 0 Å². The number of hydrogen-bond acceptors (Lipinski definition) is 7. The van der Waals surface area contributed by atoms with Gasteiger partial charge in [0.1, 0.15) is 0 Å². The lowest BCUT2D eigenvalue weighted by atomic mass is 10.1. The Morgan fingerprint density at radius 1 is 0.619 bits per heavy atom. The lowest BCUT2D eigenvalue weighted by Gasteiger charge is -2.08. The Kier molecular flexibility index (Phi) is 19.8. The highest BCUT2D eigenvalue weighted by Gasteiger charge is 2.06. The van der Waals surface area contributed by atoms with Gasteiger partial charge in [-0.2, -0.15) is 11.8 Å². The third-order valence-electron chi connectivity index (χ3n) is 6.12. The summed E-state index contributed by atoms with van der Waals surface area (Å²) in [7, 11) is 0. The third-order valence-corrected chi connectivity index (χ3v) is 6.67. The molecular weight excluding hydrogens is 552 g/mol. The van der Waals surface area contributed by atoms with Crippen molar-refractivity contribution < 1.29 is 19.2 Å². The van der Waals surface area contributed by atoms with E-state index >= 15 is 0 Å². The highest BCUT2D eigenvalue weighted by Crippen LogP contribution is 2.18. The van der Waals surface area contributed by atoms with Crippen LogP contribution in [0.15, 0.2) is 48.5 Å². The zero-order chi connectivity index (χ0) is 31.0. The smallest absolute Gasteiger partial charge is 0.229 e. The second kappa shape index (κ2) is 22.9. The molecule has 10 nitrogen and oxygen atoms in total. The molecule has 4 amide bonds. The fourth-order valence-corrected chi connectivity index (χ4v) is 4.13. The van der Waals surface area contributed by atoms with Crippen LogP contribution in [0.25, 0.3) is 0 Å². The molecule has 0 spiro atoms. The largest absolute Gasteiger partial charge is 0.397 e. The van der Waals surface area contributed by atoms with Crippen molar-refractivity contribution in [3.63, 3.8) is 0 Å². The summed E-state index contributed by atoms with van der Waals surface area (Å²) in [5.74, 6) is 0.643. The molecule has 0 unspecified atom stereocenters. The van der Waals surface area contributed by atoms with Crippen molar-refractivity contribution in [3.05, 3.63) is 48.5 Å². The van der Waals surface area contributed by atoms with Crippen LogP contribution in [-0.4, -0.2) is 48.7 Å². The maximum Gasteiger partial charge on any atom is 0.229 e. The number of carbonyl (C=O) groups excluding carboxylic acids is 4. The Labute approximate surface area is 254 Å². The number of nitrogen functional groups attached to an aromatic ring is 2. The number of nitrogens with one attached hydrogen (secondary N) is 4. The van der Waals surface area contributed by atoms with E-state index in [0.29, 0.717) is 60.9 Å². The molecule has 0 aromatic heterocycles. The number of rotatable bonds is 18. The van der Waals surface area contributed by atoms with Gasteiger partial charge in [0.2, 0.25) is 23.6 Å². The molecule has 0 saturated carbocycles. The Hall–Kier alpha value is -3.73. The molecule has 0 heterocycles. The Balaban J connectivity index is 0.000000422. The molecule has 0 bridgehead atoms. The van der Waals surface area contributed by atoms with Gasteiger partial charge in [-0.05, 0) is 56.2 Å². The van der Waals surface area contributed by atoms with Crippen molar-refractivity contribution in [3.8, 4) is 0 Å². The maximum atomic E-state index is 11.8. The van der Waals surface area contributed by atoms with Crippen LogP contribution in [0, 0.1) is 0 Å². The fourth-order valence-electron chi connectivity index (χ4n) is 3.76. The summed E-state index contributed by atoms with van der Waals surface area (Å²) >= 11 is 1.52. The molecule has 0 saturated heterocycles. The van der Waals surface area contributed by atoms with Crippen LogP contribution in [0.4, 0.5) is 22.7 Å². The van der Waals surface area contributed by atoms with Crippen molar-refractivity contribution in [2.45, 2.75) is 71.1 Å². The maximum absolute atomic E-state index is 11.8. The van der Waals surface area contributed by atoms with E-state index in [-0.39, 0.29) is 23.6 Å². The topological polar surface area (TPSA) is 168 Å². The molecule has 11 heteroatoms. The van der Waals surface area contributed by atoms with Crippen molar-refractivity contribution in [1.82, 2.24) is 10.6 Å². The number of hydrogen-bond donors (Lipinski definition) is 6. The molecule has 0 atom stereocenters. The van der Waals surface area contributed by atoms with Gasteiger partial charge < -0.3 is 32.7 Å². The number of anilines is 4. The minimum atomic E-state index is -0.0273. The van der Waals surface area contributed by atoms with Crippen LogP contribution >= 0.6 is 11.8 Å². The summed E-state index contributed by atoms with van der Waals surface area (Å²) in [5.41, 5.74) is 14.0.